The Kier molecular flexibility index (Phi) is 3.48. The molecular weight excluding hydrogens is 248 g/mol. The first-order chi connectivity index (χ1) is 8.74. The Labute approximate surface area is 109 Å². The lowest BCUT2D eigenvalue weighted by atomic mass is 10.2. The van der Waals surface area contributed by atoms with Gasteiger partial charge in [0.15, 0.2) is 0 Å². The van der Waals surface area contributed by atoms with Crippen LogP contribution in [-0.2, 0) is 0 Å². The summed E-state index contributed by atoms with van der Waals surface area (Å²) in [6.07, 6.45) is 0. The molecule has 0 heterocycles. The van der Waals surface area contributed by atoms with E-state index in [1.807, 2.05) is 12.1 Å². The van der Waals surface area contributed by atoms with Crippen molar-refractivity contribution in [2.24, 2.45) is 0 Å². The van der Waals surface area contributed by atoms with Crippen molar-refractivity contribution in [3.05, 3.63) is 58.6 Å². The smallest absolute Gasteiger partial charge is 0.145 e. The molecule has 0 amide bonds. The monoisotopic (exact) mass is 254 g/mol. The zero-order chi connectivity index (χ0) is 13.0. The number of para-hydroxylation sites is 1. The van der Waals surface area contributed by atoms with E-state index < -0.39 is 0 Å². The van der Waals surface area contributed by atoms with E-state index in [-0.39, 0.29) is 0 Å². The first-order valence-corrected chi connectivity index (χ1v) is 5.49. The SMILES string of the molecule is N#Cc1ccc(Oc2ccccc2C#N)cc1Cl. The molecule has 18 heavy (non-hydrogen) atoms. The fourth-order valence-corrected chi connectivity index (χ4v) is 1.64. The molecule has 0 saturated heterocycles. The van der Waals surface area contributed by atoms with Crippen LogP contribution in [0.3, 0.4) is 0 Å². The number of halogens is 1. The van der Waals surface area contributed by atoms with E-state index in [0.29, 0.717) is 27.6 Å². The van der Waals surface area contributed by atoms with Gasteiger partial charge in [-0.25, -0.2) is 0 Å². The Morgan fingerprint density at radius 3 is 2.33 bits per heavy atom. The van der Waals surface area contributed by atoms with Gasteiger partial charge in [-0.3, -0.25) is 0 Å². The number of nitrogens with zero attached hydrogens (tertiary/aromatic N) is 2. The summed E-state index contributed by atoms with van der Waals surface area (Å²) in [5, 5.41) is 18.0. The second-order valence-electron chi connectivity index (χ2n) is 3.46. The predicted molar refractivity (Wildman–Crippen MR) is 67.4 cm³/mol. The highest BCUT2D eigenvalue weighted by molar-refractivity contribution is 6.31. The van der Waals surface area contributed by atoms with E-state index in [9.17, 15) is 0 Å². The van der Waals surface area contributed by atoms with Gasteiger partial charge in [0, 0.05) is 6.07 Å². The number of hydrogen-bond acceptors (Lipinski definition) is 3. The molecule has 0 aromatic heterocycles. The topological polar surface area (TPSA) is 56.8 Å². The third-order valence-corrected chi connectivity index (χ3v) is 2.61. The van der Waals surface area contributed by atoms with Crippen LogP contribution in [0, 0.1) is 22.7 Å². The Morgan fingerprint density at radius 2 is 1.67 bits per heavy atom. The van der Waals surface area contributed by atoms with Gasteiger partial charge in [-0.15, -0.1) is 0 Å². The van der Waals surface area contributed by atoms with Crippen LogP contribution in [0.2, 0.25) is 5.02 Å². The average molecular weight is 255 g/mol. The summed E-state index contributed by atoms with van der Waals surface area (Å²) in [5.74, 6) is 0.947. The normalized spacial score (nSPS) is 9.28. The minimum atomic E-state index is 0.324. The molecule has 0 aliphatic rings. The van der Waals surface area contributed by atoms with Gasteiger partial charge in [-0.2, -0.15) is 10.5 Å². The maximum atomic E-state index is 8.93. The number of rotatable bonds is 2. The van der Waals surface area contributed by atoms with Gasteiger partial charge in [0.25, 0.3) is 0 Å². The number of benzene rings is 2. The van der Waals surface area contributed by atoms with Crippen LogP contribution in [0.5, 0.6) is 11.5 Å². The molecule has 0 spiro atoms. The van der Waals surface area contributed by atoms with Crippen molar-refractivity contribution in [2.45, 2.75) is 0 Å². The van der Waals surface area contributed by atoms with Crippen LogP contribution in [0.4, 0.5) is 0 Å². The third kappa shape index (κ3) is 2.43. The molecule has 3 nitrogen and oxygen atoms in total. The summed E-state index contributed by atoms with van der Waals surface area (Å²) in [6.45, 7) is 0. The Bertz CT molecular complexity index is 668. The van der Waals surface area contributed by atoms with Gasteiger partial charge < -0.3 is 4.74 Å². The molecule has 0 N–H and O–H groups in total. The highest BCUT2D eigenvalue weighted by Crippen LogP contribution is 2.28. The molecule has 0 fully saturated rings. The van der Waals surface area contributed by atoms with E-state index in [1.165, 1.54) is 0 Å². The summed E-state index contributed by atoms with van der Waals surface area (Å²) in [7, 11) is 0. The van der Waals surface area contributed by atoms with Crippen molar-refractivity contribution in [1.29, 1.82) is 10.5 Å². The minimum Gasteiger partial charge on any atom is -0.456 e. The molecule has 0 unspecified atom stereocenters. The molecular formula is C14H7ClN2O. The first kappa shape index (κ1) is 12.0. The van der Waals surface area contributed by atoms with Gasteiger partial charge in [-0.05, 0) is 24.3 Å². The molecule has 2 aromatic carbocycles. The maximum absolute atomic E-state index is 8.93. The summed E-state index contributed by atoms with van der Waals surface area (Å²) in [4.78, 5) is 0. The van der Waals surface area contributed by atoms with E-state index in [2.05, 4.69) is 0 Å². The first-order valence-electron chi connectivity index (χ1n) is 5.11. The lowest BCUT2D eigenvalue weighted by Crippen LogP contribution is -1.88. The molecule has 86 valence electrons. The molecule has 0 aliphatic heterocycles. The van der Waals surface area contributed by atoms with Crippen LogP contribution in [0.1, 0.15) is 11.1 Å². The lowest BCUT2D eigenvalue weighted by molar-refractivity contribution is 0.481. The zero-order valence-electron chi connectivity index (χ0n) is 9.22. The summed E-state index contributed by atoms with van der Waals surface area (Å²) >= 11 is 5.90. The largest absolute Gasteiger partial charge is 0.456 e. The third-order valence-electron chi connectivity index (χ3n) is 2.30. The van der Waals surface area contributed by atoms with Crippen LogP contribution in [-0.4, -0.2) is 0 Å². The highest BCUT2D eigenvalue weighted by Gasteiger charge is 2.06. The van der Waals surface area contributed by atoms with Crippen LogP contribution in [0.25, 0.3) is 0 Å². The van der Waals surface area contributed by atoms with Gasteiger partial charge in [0.05, 0.1) is 16.1 Å². The van der Waals surface area contributed by atoms with E-state index in [1.54, 1.807) is 42.5 Å². The molecule has 0 saturated carbocycles. The average Bonchev–Trinajstić information content (AvgIpc) is 2.39. The molecule has 2 rings (SSSR count). The number of nitriles is 2. The van der Waals surface area contributed by atoms with Crippen molar-refractivity contribution < 1.29 is 4.74 Å². The number of ether oxygens (including phenoxy) is 1. The quantitative estimate of drug-likeness (QED) is 0.817. The molecule has 0 bridgehead atoms. The minimum absolute atomic E-state index is 0.324. The van der Waals surface area contributed by atoms with E-state index in [4.69, 9.17) is 26.9 Å². The van der Waals surface area contributed by atoms with Crippen LogP contribution in [0.15, 0.2) is 42.5 Å². The Hall–Kier alpha value is -2.49. The fourth-order valence-electron chi connectivity index (χ4n) is 1.42. The van der Waals surface area contributed by atoms with Crippen molar-refractivity contribution in [2.75, 3.05) is 0 Å². The standard InChI is InChI=1S/C14H7ClN2O/c15-13-7-12(6-5-10(13)8-16)18-14-4-2-1-3-11(14)9-17/h1-7H. The van der Waals surface area contributed by atoms with Crippen molar-refractivity contribution in [1.82, 2.24) is 0 Å². The number of hydrogen-bond donors (Lipinski definition) is 0. The van der Waals surface area contributed by atoms with Gasteiger partial charge in [-0.1, -0.05) is 23.7 Å². The molecule has 2 aromatic rings. The fraction of sp³-hybridized carbons (Fsp3) is 0. The second kappa shape index (κ2) is 5.23. The summed E-state index contributed by atoms with van der Waals surface area (Å²) < 4.78 is 5.56. The Balaban J connectivity index is 2.33. The second-order valence-corrected chi connectivity index (χ2v) is 3.87. The molecule has 0 atom stereocenters. The summed E-state index contributed by atoms with van der Waals surface area (Å²) in [6, 6.07) is 15.7. The van der Waals surface area contributed by atoms with Gasteiger partial charge >= 0.3 is 0 Å². The zero-order valence-corrected chi connectivity index (χ0v) is 9.98. The molecule has 0 aliphatic carbocycles. The van der Waals surface area contributed by atoms with Crippen LogP contribution >= 0.6 is 11.6 Å². The van der Waals surface area contributed by atoms with Crippen molar-refractivity contribution in [3.63, 3.8) is 0 Å². The predicted octanol–water partition coefficient (Wildman–Crippen LogP) is 3.88. The Morgan fingerprint density at radius 1 is 0.944 bits per heavy atom. The maximum Gasteiger partial charge on any atom is 0.145 e. The van der Waals surface area contributed by atoms with Crippen LogP contribution < -0.4 is 4.74 Å². The van der Waals surface area contributed by atoms with Crippen molar-refractivity contribution >= 4 is 11.6 Å². The van der Waals surface area contributed by atoms with Gasteiger partial charge in [0.2, 0.25) is 0 Å². The summed E-state index contributed by atoms with van der Waals surface area (Å²) in [5.41, 5.74) is 0.829. The van der Waals surface area contributed by atoms with E-state index in [0.717, 1.165) is 0 Å². The van der Waals surface area contributed by atoms with Gasteiger partial charge in [0.1, 0.15) is 23.6 Å². The lowest BCUT2D eigenvalue weighted by Gasteiger charge is -2.07. The van der Waals surface area contributed by atoms with E-state index >= 15 is 0 Å². The molecule has 0 radical (unpaired) electrons. The highest BCUT2D eigenvalue weighted by atomic mass is 35.5. The molecule has 4 heteroatoms. The van der Waals surface area contributed by atoms with Crippen molar-refractivity contribution in [3.8, 4) is 23.6 Å².